The van der Waals surface area contributed by atoms with E-state index in [1.807, 2.05) is 0 Å². The Balaban J connectivity index is 1.56. The van der Waals surface area contributed by atoms with Crippen LogP contribution >= 0.6 is 11.6 Å². The molecule has 0 saturated carbocycles. The van der Waals surface area contributed by atoms with Crippen molar-refractivity contribution in [2.45, 2.75) is 6.10 Å². The number of imide groups is 1. The van der Waals surface area contributed by atoms with Crippen molar-refractivity contribution in [2.24, 2.45) is 0 Å². The summed E-state index contributed by atoms with van der Waals surface area (Å²) >= 11 is 5.93. The highest BCUT2D eigenvalue weighted by Crippen LogP contribution is 2.26. The first-order chi connectivity index (χ1) is 15.0. The van der Waals surface area contributed by atoms with E-state index in [0.29, 0.717) is 16.1 Å². The van der Waals surface area contributed by atoms with E-state index < -0.39 is 36.2 Å². The largest absolute Gasteiger partial charge is 0.448 e. The fraction of sp³-hybridized carbons (Fsp3) is 0.0833. The smallest absolute Gasteiger partial charge is 0.327 e. The number of hydrogen-bond donors (Lipinski definition) is 0. The molecule has 0 unspecified atom stereocenters. The second kappa shape index (κ2) is 8.53. The number of fused-ring (bicyclic) bond motifs is 1. The Morgan fingerprint density at radius 2 is 1.35 bits per heavy atom. The first-order valence-electron chi connectivity index (χ1n) is 9.45. The van der Waals surface area contributed by atoms with Gasteiger partial charge in [-0.25, -0.2) is 0 Å². The maximum absolute atomic E-state index is 13.1. The topological polar surface area (TPSA) is 80.8 Å². The second-order valence-electron chi connectivity index (χ2n) is 6.89. The number of benzene rings is 3. The van der Waals surface area contributed by atoms with Crippen molar-refractivity contribution in [3.05, 3.63) is 106 Å². The maximum atomic E-state index is 13.1. The van der Waals surface area contributed by atoms with Crippen molar-refractivity contribution in [1.82, 2.24) is 4.90 Å². The highest BCUT2D eigenvalue weighted by atomic mass is 35.5. The summed E-state index contributed by atoms with van der Waals surface area (Å²) in [4.78, 5) is 51.6. The number of ketones is 1. The van der Waals surface area contributed by atoms with Crippen molar-refractivity contribution in [3.8, 4) is 0 Å². The molecule has 154 valence electrons. The van der Waals surface area contributed by atoms with Gasteiger partial charge in [0, 0.05) is 16.1 Å². The van der Waals surface area contributed by atoms with Crippen LogP contribution in [0.5, 0.6) is 0 Å². The van der Waals surface area contributed by atoms with Crippen LogP contribution in [-0.4, -0.2) is 35.0 Å². The molecule has 1 aliphatic heterocycles. The molecule has 0 N–H and O–H groups in total. The summed E-state index contributed by atoms with van der Waals surface area (Å²) in [5, 5.41) is 0.465. The fourth-order valence-electron chi connectivity index (χ4n) is 3.34. The van der Waals surface area contributed by atoms with E-state index in [4.69, 9.17) is 16.3 Å². The molecular formula is C24H16ClNO5. The van der Waals surface area contributed by atoms with Crippen LogP contribution in [0.4, 0.5) is 0 Å². The summed E-state index contributed by atoms with van der Waals surface area (Å²) in [6.45, 7) is -0.599. The van der Waals surface area contributed by atoms with Gasteiger partial charge in [-0.2, -0.15) is 0 Å². The summed E-state index contributed by atoms with van der Waals surface area (Å²) in [5.74, 6) is -2.46. The predicted octanol–water partition coefficient (Wildman–Crippen LogP) is 4.10. The lowest BCUT2D eigenvalue weighted by molar-refractivity contribution is -0.147. The Kier molecular flexibility index (Phi) is 5.64. The molecule has 31 heavy (non-hydrogen) atoms. The van der Waals surface area contributed by atoms with Crippen molar-refractivity contribution >= 4 is 35.2 Å². The minimum atomic E-state index is -1.25. The molecule has 0 aromatic heterocycles. The number of esters is 1. The zero-order chi connectivity index (χ0) is 22.0. The summed E-state index contributed by atoms with van der Waals surface area (Å²) in [7, 11) is 0. The molecule has 0 fully saturated rings. The minimum Gasteiger partial charge on any atom is -0.448 e. The Labute approximate surface area is 183 Å². The molecule has 2 amide bonds. The fourth-order valence-corrected chi connectivity index (χ4v) is 3.47. The van der Waals surface area contributed by atoms with E-state index in [1.165, 1.54) is 12.1 Å². The van der Waals surface area contributed by atoms with E-state index in [2.05, 4.69) is 0 Å². The Bertz CT molecular complexity index is 1140. The van der Waals surface area contributed by atoms with Crippen LogP contribution in [0.3, 0.4) is 0 Å². The lowest BCUT2D eigenvalue weighted by atomic mass is 10.00. The second-order valence-corrected chi connectivity index (χ2v) is 7.33. The zero-order valence-electron chi connectivity index (χ0n) is 16.2. The molecule has 0 spiro atoms. The third-order valence-corrected chi connectivity index (χ3v) is 5.14. The molecule has 7 heteroatoms. The molecule has 3 aromatic rings. The standard InChI is InChI=1S/C24H16ClNO5/c25-17-12-10-16(11-13-17)22(21(28)15-6-2-1-3-7-15)31-20(27)14-26-23(29)18-8-4-5-9-19(18)24(26)30/h1-13,22H,14H2/t22-/m0/s1. The molecule has 4 rings (SSSR count). The lowest BCUT2D eigenvalue weighted by Crippen LogP contribution is -2.36. The van der Waals surface area contributed by atoms with Gasteiger partial charge < -0.3 is 4.74 Å². The molecule has 0 saturated heterocycles. The number of nitrogens with zero attached hydrogens (tertiary/aromatic N) is 1. The Hall–Kier alpha value is -3.77. The summed E-state index contributed by atoms with van der Waals surface area (Å²) < 4.78 is 5.47. The molecule has 0 bridgehead atoms. The van der Waals surface area contributed by atoms with Gasteiger partial charge in [-0.1, -0.05) is 66.2 Å². The van der Waals surface area contributed by atoms with Gasteiger partial charge in [0.15, 0.2) is 6.10 Å². The van der Waals surface area contributed by atoms with E-state index in [-0.39, 0.29) is 11.1 Å². The third kappa shape index (κ3) is 4.11. The highest BCUT2D eigenvalue weighted by Gasteiger charge is 2.37. The SMILES string of the molecule is O=C(CN1C(=O)c2ccccc2C1=O)O[C@H](C(=O)c1ccccc1)c1ccc(Cl)cc1. The van der Waals surface area contributed by atoms with Gasteiger partial charge in [0.2, 0.25) is 5.78 Å². The summed E-state index contributed by atoms with van der Waals surface area (Å²) in [6, 6.07) is 21.1. The van der Waals surface area contributed by atoms with Gasteiger partial charge >= 0.3 is 5.97 Å². The van der Waals surface area contributed by atoms with Gasteiger partial charge in [0.25, 0.3) is 11.8 Å². The van der Waals surface area contributed by atoms with Crippen LogP contribution in [0.1, 0.15) is 42.7 Å². The maximum Gasteiger partial charge on any atom is 0.327 e. The van der Waals surface area contributed by atoms with Crippen molar-refractivity contribution in [1.29, 1.82) is 0 Å². The van der Waals surface area contributed by atoms with E-state index in [1.54, 1.807) is 66.7 Å². The van der Waals surface area contributed by atoms with Crippen LogP contribution in [-0.2, 0) is 9.53 Å². The Morgan fingerprint density at radius 1 is 0.806 bits per heavy atom. The molecule has 6 nitrogen and oxygen atoms in total. The molecule has 1 aliphatic rings. The number of carbonyl (C=O) groups is 4. The number of halogens is 1. The number of ether oxygens (including phenoxy) is 1. The van der Waals surface area contributed by atoms with Gasteiger partial charge in [0.05, 0.1) is 11.1 Å². The molecule has 0 radical (unpaired) electrons. The van der Waals surface area contributed by atoms with Gasteiger partial charge in [-0.15, -0.1) is 0 Å². The van der Waals surface area contributed by atoms with Crippen molar-refractivity contribution in [3.63, 3.8) is 0 Å². The van der Waals surface area contributed by atoms with Crippen LogP contribution < -0.4 is 0 Å². The first kappa shape index (κ1) is 20.5. The molecule has 1 heterocycles. The predicted molar refractivity (Wildman–Crippen MR) is 113 cm³/mol. The van der Waals surface area contributed by atoms with E-state index in [0.717, 1.165) is 4.90 Å². The van der Waals surface area contributed by atoms with Gasteiger partial charge in [0.1, 0.15) is 6.54 Å². The number of hydrogen-bond acceptors (Lipinski definition) is 5. The quantitative estimate of drug-likeness (QED) is 0.332. The van der Waals surface area contributed by atoms with E-state index in [9.17, 15) is 19.2 Å². The Morgan fingerprint density at radius 3 is 1.94 bits per heavy atom. The van der Waals surface area contributed by atoms with Crippen LogP contribution in [0.25, 0.3) is 0 Å². The van der Waals surface area contributed by atoms with Crippen LogP contribution in [0.2, 0.25) is 5.02 Å². The molecule has 0 aliphatic carbocycles. The van der Waals surface area contributed by atoms with Crippen molar-refractivity contribution < 1.29 is 23.9 Å². The van der Waals surface area contributed by atoms with Gasteiger partial charge in [-0.05, 0) is 24.3 Å². The van der Waals surface area contributed by atoms with E-state index >= 15 is 0 Å². The number of amides is 2. The summed E-state index contributed by atoms with van der Waals surface area (Å²) in [5.41, 5.74) is 1.25. The molecular weight excluding hydrogens is 418 g/mol. The van der Waals surface area contributed by atoms with Crippen molar-refractivity contribution in [2.75, 3.05) is 6.54 Å². The normalized spacial score (nSPS) is 13.6. The third-order valence-electron chi connectivity index (χ3n) is 4.88. The number of rotatable bonds is 6. The van der Waals surface area contributed by atoms with Crippen LogP contribution in [0.15, 0.2) is 78.9 Å². The average molecular weight is 434 g/mol. The van der Waals surface area contributed by atoms with Gasteiger partial charge in [-0.3, -0.25) is 24.1 Å². The lowest BCUT2D eigenvalue weighted by Gasteiger charge is -2.19. The highest BCUT2D eigenvalue weighted by molar-refractivity contribution is 6.30. The monoisotopic (exact) mass is 433 g/mol. The average Bonchev–Trinajstić information content (AvgIpc) is 3.03. The first-order valence-corrected chi connectivity index (χ1v) is 9.83. The van der Waals surface area contributed by atoms with Crippen LogP contribution in [0, 0.1) is 0 Å². The number of carbonyl (C=O) groups excluding carboxylic acids is 4. The molecule has 1 atom stereocenters. The molecule has 3 aromatic carbocycles. The summed E-state index contributed by atoms with van der Waals surface area (Å²) in [6.07, 6.45) is -1.25. The number of Topliss-reactive ketones (excluding diaryl/α,β-unsaturated/α-hetero) is 1. The minimum absolute atomic E-state index is 0.231. The zero-order valence-corrected chi connectivity index (χ0v) is 16.9.